The summed E-state index contributed by atoms with van der Waals surface area (Å²) in [6.07, 6.45) is 0. The maximum Gasteiger partial charge on any atom is 0.252 e. The monoisotopic (exact) mass is 519 g/mol. The van der Waals surface area contributed by atoms with E-state index in [4.69, 9.17) is 10.5 Å². The Labute approximate surface area is 216 Å². The number of aromatic nitrogens is 2. The van der Waals surface area contributed by atoms with Crippen molar-refractivity contribution in [3.8, 4) is 17.0 Å². The minimum Gasteiger partial charge on any atom is -0.496 e. The van der Waals surface area contributed by atoms with E-state index in [9.17, 15) is 13.2 Å². The van der Waals surface area contributed by atoms with E-state index in [1.54, 1.807) is 58.0 Å². The van der Waals surface area contributed by atoms with Gasteiger partial charge in [0.15, 0.2) is 5.82 Å². The first-order valence-corrected chi connectivity index (χ1v) is 13.0. The van der Waals surface area contributed by atoms with E-state index in [1.807, 2.05) is 30.3 Å². The molecule has 0 bridgehead atoms. The molecule has 0 radical (unpaired) electrons. The number of anilines is 2. The van der Waals surface area contributed by atoms with Gasteiger partial charge in [-0.3, -0.25) is 4.79 Å². The van der Waals surface area contributed by atoms with Crippen LogP contribution in [0.25, 0.3) is 22.0 Å². The van der Waals surface area contributed by atoms with E-state index in [-0.39, 0.29) is 10.5 Å². The maximum atomic E-state index is 13.1. The van der Waals surface area contributed by atoms with Crippen LogP contribution in [0.3, 0.4) is 0 Å². The largest absolute Gasteiger partial charge is 0.496 e. The molecular formula is C27H29N5O4S. The number of fused-ring (bicyclic) bond motifs is 1. The minimum absolute atomic E-state index is 0.185. The first-order chi connectivity index (χ1) is 17.4. The number of amides is 1. The Hall–Kier alpha value is -4.02. The second-order valence-electron chi connectivity index (χ2n) is 9.68. The molecule has 0 saturated carbocycles. The molecule has 0 atom stereocenters. The molecule has 4 N–H and O–H groups in total. The fourth-order valence-electron chi connectivity index (χ4n) is 4.02. The van der Waals surface area contributed by atoms with E-state index in [0.717, 1.165) is 10.8 Å². The first kappa shape index (κ1) is 26.1. The number of hydrogen-bond acceptors (Lipinski definition) is 7. The summed E-state index contributed by atoms with van der Waals surface area (Å²) < 4.78 is 34.1. The van der Waals surface area contributed by atoms with Crippen molar-refractivity contribution in [1.29, 1.82) is 0 Å². The van der Waals surface area contributed by atoms with Gasteiger partial charge in [-0.1, -0.05) is 36.4 Å². The quantitative estimate of drug-likeness (QED) is 0.326. The molecule has 37 heavy (non-hydrogen) atoms. The number of rotatable bonds is 7. The summed E-state index contributed by atoms with van der Waals surface area (Å²) in [5, 5.41) is 13.6. The Morgan fingerprint density at radius 1 is 0.973 bits per heavy atom. The van der Waals surface area contributed by atoms with Crippen molar-refractivity contribution < 1.29 is 17.9 Å². The second kappa shape index (κ2) is 9.79. The van der Waals surface area contributed by atoms with Crippen molar-refractivity contribution in [3.05, 3.63) is 71.8 Å². The van der Waals surface area contributed by atoms with E-state index in [0.29, 0.717) is 34.1 Å². The van der Waals surface area contributed by atoms with Gasteiger partial charge >= 0.3 is 0 Å². The molecule has 1 heterocycles. The summed E-state index contributed by atoms with van der Waals surface area (Å²) in [5.41, 5.74) is 7.47. The summed E-state index contributed by atoms with van der Waals surface area (Å²) in [6, 6.07) is 17.7. The molecule has 0 spiro atoms. The molecular weight excluding hydrogens is 490 g/mol. The van der Waals surface area contributed by atoms with Gasteiger partial charge in [-0.05, 0) is 57.5 Å². The average Bonchev–Trinajstić information content (AvgIpc) is 2.83. The zero-order valence-corrected chi connectivity index (χ0v) is 22.1. The summed E-state index contributed by atoms with van der Waals surface area (Å²) in [4.78, 5) is 12.0. The van der Waals surface area contributed by atoms with Gasteiger partial charge in [0.1, 0.15) is 11.4 Å². The van der Waals surface area contributed by atoms with Gasteiger partial charge in [0.25, 0.3) is 5.91 Å². The third kappa shape index (κ3) is 5.55. The summed E-state index contributed by atoms with van der Waals surface area (Å²) in [5.74, 6) is 0.225. The van der Waals surface area contributed by atoms with E-state index in [1.165, 1.54) is 7.11 Å². The van der Waals surface area contributed by atoms with Crippen LogP contribution in [0.2, 0.25) is 0 Å². The maximum absolute atomic E-state index is 13.1. The molecule has 1 aromatic heterocycles. The summed E-state index contributed by atoms with van der Waals surface area (Å²) >= 11 is 0. The molecule has 0 aliphatic rings. The highest BCUT2D eigenvalue weighted by Crippen LogP contribution is 2.33. The lowest BCUT2D eigenvalue weighted by molar-refractivity contribution is 0.0997. The predicted molar refractivity (Wildman–Crippen MR) is 145 cm³/mol. The Morgan fingerprint density at radius 2 is 1.68 bits per heavy atom. The molecule has 0 fully saturated rings. The Kier molecular flexibility index (Phi) is 6.90. The highest BCUT2D eigenvalue weighted by molar-refractivity contribution is 7.89. The van der Waals surface area contributed by atoms with Gasteiger partial charge in [0.2, 0.25) is 10.0 Å². The van der Waals surface area contributed by atoms with Crippen molar-refractivity contribution in [2.24, 2.45) is 5.73 Å². The fourth-order valence-corrected chi connectivity index (χ4v) is 5.71. The Balaban J connectivity index is 1.79. The van der Waals surface area contributed by atoms with Crippen LogP contribution in [0.5, 0.6) is 5.75 Å². The van der Waals surface area contributed by atoms with Crippen LogP contribution in [0.15, 0.2) is 65.6 Å². The number of nitrogens with zero attached hydrogens (tertiary/aromatic N) is 2. The lowest BCUT2D eigenvalue weighted by Gasteiger charge is -2.21. The highest BCUT2D eigenvalue weighted by Gasteiger charge is 2.24. The fraction of sp³-hybridized carbons (Fsp3) is 0.222. The number of ether oxygens (including phenoxy) is 1. The molecule has 0 saturated heterocycles. The number of nitrogens with two attached hydrogens (primary N) is 1. The van der Waals surface area contributed by atoms with Crippen LogP contribution in [-0.2, 0) is 10.0 Å². The molecule has 1 amide bonds. The van der Waals surface area contributed by atoms with Crippen molar-refractivity contribution in [2.45, 2.75) is 38.1 Å². The van der Waals surface area contributed by atoms with Crippen molar-refractivity contribution >= 4 is 38.2 Å². The minimum atomic E-state index is -3.76. The zero-order chi connectivity index (χ0) is 27.0. The molecule has 0 aliphatic heterocycles. The number of primary amides is 1. The van der Waals surface area contributed by atoms with Gasteiger partial charge in [0.05, 0.1) is 17.6 Å². The van der Waals surface area contributed by atoms with E-state index < -0.39 is 21.5 Å². The van der Waals surface area contributed by atoms with Crippen LogP contribution >= 0.6 is 0 Å². The average molecular weight is 520 g/mol. The topological polar surface area (TPSA) is 136 Å². The number of aryl methyl sites for hydroxylation is 1. The number of sulfonamides is 1. The van der Waals surface area contributed by atoms with Crippen LogP contribution in [0, 0.1) is 6.92 Å². The van der Waals surface area contributed by atoms with Crippen LogP contribution in [0.1, 0.15) is 36.7 Å². The predicted octanol–water partition coefficient (Wildman–Crippen LogP) is 4.53. The normalized spacial score (nSPS) is 11.9. The molecule has 0 aliphatic carbocycles. The third-order valence-corrected chi connectivity index (χ3v) is 7.51. The molecule has 3 aromatic carbocycles. The van der Waals surface area contributed by atoms with Crippen LogP contribution in [-0.4, -0.2) is 37.2 Å². The standard InChI is InChI=1S/C27H29N5O4S/c1-16-10-11-17(14-23(16)37(34,35)32-27(2,3)4)24-19-8-6-7-9-20(19)26(31-30-24)29-18-12-13-22(36-5)21(15-18)25(28)33/h6-15,32H,1-5H3,(H2,28,33)(H,29,31). The number of benzene rings is 3. The molecule has 192 valence electrons. The molecule has 4 aromatic rings. The van der Waals surface area contributed by atoms with Gasteiger partial charge in [-0.25, -0.2) is 13.1 Å². The van der Waals surface area contributed by atoms with Gasteiger partial charge in [0, 0.05) is 27.6 Å². The molecule has 0 unspecified atom stereocenters. The molecule has 10 heteroatoms. The lowest BCUT2D eigenvalue weighted by atomic mass is 10.0. The van der Waals surface area contributed by atoms with Crippen molar-refractivity contribution in [3.63, 3.8) is 0 Å². The molecule has 9 nitrogen and oxygen atoms in total. The SMILES string of the molecule is COc1ccc(Nc2nnc(-c3ccc(C)c(S(=O)(=O)NC(C)(C)C)c3)c3ccccc23)cc1C(N)=O. The Morgan fingerprint density at radius 3 is 2.32 bits per heavy atom. The van der Waals surface area contributed by atoms with Gasteiger partial charge in [-0.2, -0.15) is 0 Å². The lowest BCUT2D eigenvalue weighted by Crippen LogP contribution is -2.40. The Bertz CT molecular complexity index is 1610. The number of carbonyl (C=O) groups is 1. The summed E-state index contributed by atoms with van der Waals surface area (Å²) in [6.45, 7) is 7.14. The van der Waals surface area contributed by atoms with E-state index in [2.05, 4.69) is 20.2 Å². The first-order valence-electron chi connectivity index (χ1n) is 11.5. The van der Waals surface area contributed by atoms with Crippen LogP contribution < -0.4 is 20.5 Å². The van der Waals surface area contributed by atoms with Crippen molar-refractivity contribution in [2.75, 3.05) is 12.4 Å². The highest BCUT2D eigenvalue weighted by atomic mass is 32.2. The number of hydrogen-bond donors (Lipinski definition) is 3. The summed E-state index contributed by atoms with van der Waals surface area (Å²) in [7, 11) is -2.29. The van der Waals surface area contributed by atoms with E-state index >= 15 is 0 Å². The molecule has 4 rings (SSSR count). The van der Waals surface area contributed by atoms with Crippen LogP contribution in [0.4, 0.5) is 11.5 Å². The second-order valence-corrected chi connectivity index (χ2v) is 11.3. The number of methoxy groups -OCH3 is 1. The van der Waals surface area contributed by atoms with Gasteiger partial charge in [-0.15, -0.1) is 10.2 Å². The van der Waals surface area contributed by atoms with Gasteiger partial charge < -0.3 is 15.8 Å². The smallest absolute Gasteiger partial charge is 0.252 e. The third-order valence-electron chi connectivity index (χ3n) is 5.61. The number of nitrogens with one attached hydrogen (secondary N) is 2. The zero-order valence-electron chi connectivity index (χ0n) is 21.3. The number of carbonyl (C=O) groups excluding carboxylic acids is 1. The van der Waals surface area contributed by atoms with Crippen molar-refractivity contribution in [1.82, 2.24) is 14.9 Å².